The summed E-state index contributed by atoms with van der Waals surface area (Å²) in [5.41, 5.74) is 0. The number of unbranched alkanes of at least 4 members (excludes halogenated alkanes) is 7. The van der Waals surface area contributed by atoms with E-state index >= 15 is 0 Å². The van der Waals surface area contributed by atoms with Crippen molar-refractivity contribution in [2.75, 3.05) is 0 Å². The molecule has 0 radical (unpaired) electrons. The number of rotatable bonds is 16. The second-order valence-electron chi connectivity index (χ2n) is 6.57. The predicted molar refractivity (Wildman–Crippen MR) is 91.4 cm³/mol. The van der Waals surface area contributed by atoms with Gasteiger partial charge in [-0.25, -0.2) is 0 Å². The molecule has 0 spiro atoms. The molecule has 0 aliphatic carbocycles. The third-order valence-electron chi connectivity index (χ3n) is 4.24. The molecule has 0 rings (SSSR count). The minimum atomic E-state index is -0.858. The second kappa shape index (κ2) is 14.9. The van der Waals surface area contributed by atoms with E-state index in [4.69, 9.17) is 5.11 Å². The first kappa shape index (κ1) is 22.4. The van der Waals surface area contributed by atoms with Crippen molar-refractivity contribution < 1.29 is 25.2 Å². The summed E-state index contributed by atoms with van der Waals surface area (Å²) in [6, 6.07) is 0. The van der Waals surface area contributed by atoms with E-state index < -0.39 is 24.3 Å². The number of aliphatic hydroxyl groups excluding tert-OH is 3. The lowest BCUT2D eigenvalue weighted by Crippen LogP contribution is -2.30. The molecule has 0 aliphatic rings. The van der Waals surface area contributed by atoms with Gasteiger partial charge in [0, 0.05) is 12.8 Å². The van der Waals surface area contributed by atoms with Gasteiger partial charge in [0.1, 0.15) is 0 Å². The van der Waals surface area contributed by atoms with Crippen LogP contribution in [0, 0.1) is 0 Å². The quantitative estimate of drug-likeness (QED) is 0.325. The second-order valence-corrected chi connectivity index (χ2v) is 6.57. The summed E-state index contributed by atoms with van der Waals surface area (Å²) in [4.78, 5) is 10.4. The first-order valence-corrected chi connectivity index (χ1v) is 9.23. The fraction of sp³-hybridized carbons (Fsp3) is 0.944. The molecule has 138 valence electrons. The Hall–Kier alpha value is -0.650. The fourth-order valence-electron chi connectivity index (χ4n) is 2.71. The van der Waals surface area contributed by atoms with Gasteiger partial charge in [-0.15, -0.1) is 0 Å². The Morgan fingerprint density at radius 3 is 2.00 bits per heavy atom. The highest BCUT2D eigenvalue weighted by molar-refractivity contribution is 5.66. The van der Waals surface area contributed by atoms with Crippen LogP contribution >= 0.6 is 0 Å². The van der Waals surface area contributed by atoms with E-state index in [0.29, 0.717) is 19.3 Å². The molecule has 0 heterocycles. The molecule has 0 fully saturated rings. The number of carboxylic acid groups (broad SMARTS) is 1. The molecule has 0 aromatic heterocycles. The van der Waals surface area contributed by atoms with E-state index in [1.165, 1.54) is 6.42 Å². The molecule has 0 saturated carbocycles. The van der Waals surface area contributed by atoms with Gasteiger partial charge in [-0.05, 0) is 19.3 Å². The first-order valence-electron chi connectivity index (χ1n) is 9.23. The summed E-state index contributed by atoms with van der Waals surface area (Å²) in [6.45, 7) is 2.14. The molecule has 23 heavy (non-hydrogen) atoms. The number of carboxylic acids is 1. The van der Waals surface area contributed by atoms with Crippen LogP contribution in [0.5, 0.6) is 0 Å². The van der Waals surface area contributed by atoms with Gasteiger partial charge in [-0.2, -0.15) is 0 Å². The highest BCUT2D eigenvalue weighted by Crippen LogP contribution is 2.15. The van der Waals surface area contributed by atoms with Crippen LogP contribution in [0.15, 0.2) is 0 Å². The molecule has 0 aliphatic heterocycles. The summed E-state index contributed by atoms with van der Waals surface area (Å²) < 4.78 is 0. The predicted octanol–water partition coefficient (Wildman–Crippen LogP) is 3.24. The largest absolute Gasteiger partial charge is 0.481 e. The van der Waals surface area contributed by atoms with Gasteiger partial charge >= 0.3 is 5.97 Å². The fourth-order valence-corrected chi connectivity index (χ4v) is 2.71. The minimum Gasteiger partial charge on any atom is -0.481 e. The topological polar surface area (TPSA) is 98.0 Å². The summed E-state index contributed by atoms with van der Waals surface area (Å²) in [7, 11) is 0. The van der Waals surface area contributed by atoms with Crippen LogP contribution in [0.4, 0.5) is 0 Å². The standard InChI is InChI=1S/C18H36O5/c1-2-3-4-8-11-15(19)14-17(21)16(20)12-9-6-5-7-10-13-18(22)23/h15-17,19-21H,2-14H2,1H3,(H,22,23). The average molecular weight is 332 g/mol. The number of hydrogen-bond donors (Lipinski definition) is 4. The van der Waals surface area contributed by atoms with E-state index in [2.05, 4.69) is 6.92 Å². The van der Waals surface area contributed by atoms with Crippen molar-refractivity contribution in [3.05, 3.63) is 0 Å². The normalized spacial score (nSPS) is 15.3. The zero-order valence-electron chi connectivity index (χ0n) is 14.6. The Bertz CT molecular complexity index is 283. The van der Waals surface area contributed by atoms with Gasteiger partial charge in [0.2, 0.25) is 0 Å². The molecule has 5 heteroatoms. The summed E-state index contributed by atoms with van der Waals surface area (Å²) in [6.07, 6.45) is 8.21. The molecule has 0 amide bonds. The van der Waals surface area contributed by atoms with Gasteiger partial charge in [-0.1, -0.05) is 58.3 Å². The van der Waals surface area contributed by atoms with Crippen molar-refractivity contribution in [1.82, 2.24) is 0 Å². The van der Waals surface area contributed by atoms with Gasteiger partial charge in [0.15, 0.2) is 0 Å². The van der Waals surface area contributed by atoms with Crippen LogP contribution < -0.4 is 0 Å². The van der Waals surface area contributed by atoms with Crippen molar-refractivity contribution in [3.63, 3.8) is 0 Å². The van der Waals surface area contributed by atoms with Gasteiger partial charge < -0.3 is 20.4 Å². The lowest BCUT2D eigenvalue weighted by atomic mass is 9.98. The van der Waals surface area contributed by atoms with Gasteiger partial charge in [0.25, 0.3) is 0 Å². The zero-order valence-corrected chi connectivity index (χ0v) is 14.6. The number of carbonyl (C=O) groups is 1. The molecule has 3 unspecified atom stereocenters. The van der Waals surface area contributed by atoms with E-state index in [9.17, 15) is 20.1 Å². The monoisotopic (exact) mass is 332 g/mol. The van der Waals surface area contributed by atoms with Crippen LogP contribution in [-0.4, -0.2) is 44.7 Å². The van der Waals surface area contributed by atoms with Crippen molar-refractivity contribution in [2.45, 2.75) is 109 Å². The molecule has 3 atom stereocenters. The molecule has 0 aromatic rings. The summed E-state index contributed by atoms with van der Waals surface area (Å²) in [5, 5.41) is 38.2. The molecule has 5 nitrogen and oxygen atoms in total. The first-order chi connectivity index (χ1) is 11.0. The molecule has 0 saturated heterocycles. The van der Waals surface area contributed by atoms with Gasteiger partial charge in [0.05, 0.1) is 18.3 Å². The zero-order chi connectivity index (χ0) is 17.5. The maximum atomic E-state index is 10.4. The average Bonchev–Trinajstić information content (AvgIpc) is 2.50. The van der Waals surface area contributed by atoms with Crippen molar-refractivity contribution >= 4 is 5.97 Å². The Balaban J connectivity index is 3.57. The van der Waals surface area contributed by atoms with E-state index in [0.717, 1.165) is 44.9 Å². The maximum Gasteiger partial charge on any atom is 0.303 e. The Kier molecular flexibility index (Phi) is 14.5. The van der Waals surface area contributed by atoms with Gasteiger partial charge in [-0.3, -0.25) is 4.79 Å². The van der Waals surface area contributed by atoms with Crippen LogP contribution in [-0.2, 0) is 4.79 Å². The molecular formula is C18H36O5. The van der Waals surface area contributed by atoms with E-state index in [-0.39, 0.29) is 12.8 Å². The Labute approximate surface area is 140 Å². The van der Waals surface area contributed by atoms with E-state index in [1.807, 2.05) is 0 Å². The molecule has 0 aromatic carbocycles. The van der Waals surface area contributed by atoms with Crippen LogP contribution in [0.3, 0.4) is 0 Å². The van der Waals surface area contributed by atoms with Crippen molar-refractivity contribution in [1.29, 1.82) is 0 Å². The summed E-state index contributed by atoms with van der Waals surface area (Å²) >= 11 is 0. The third-order valence-corrected chi connectivity index (χ3v) is 4.24. The van der Waals surface area contributed by atoms with E-state index in [1.54, 1.807) is 0 Å². The number of aliphatic hydroxyl groups is 3. The number of aliphatic carboxylic acids is 1. The van der Waals surface area contributed by atoms with Crippen LogP contribution in [0.1, 0.15) is 90.4 Å². The molecule has 0 bridgehead atoms. The Morgan fingerprint density at radius 1 is 0.783 bits per heavy atom. The lowest BCUT2D eigenvalue weighted by molar-refractivity contribution is -0.137. The molecular weight excluding hydrogens is 296 g/mol. The third kappa shape index (κ3) is 14.7. The maximum absolute atomic E-state index is 10.4. The highest BCUT2D eigenvalue weighted by atomic mass is 16.4. The minimum absolute atomic E-state index is 0.220. The van der Waals surface area contributed by atoms with Crippen LogP contribution in [0.2, 0.25) is 0 Å². The van der Waals surface area contributed by atoms with Crippen LogP contribution in [0.25, 0.3) is 0 Å². The smallest absolute Gasteiger partial charge is 0.303 e. The Morgan fingerprint density at radius 2 is 1.35 bits per heavy atom. The SMILES string of the molecule is CCCCCCC(O)CC(O)C(O)CCCCCCCC(=O)O. The number of hydrogen-bond acceptors (Lipinski definition) is 4. The van der Waals surface area contributed by atoms with Crippen molar-refractivity contribution in [2.24, 2.45) is 0 Å². The highest BCUT2D eigenvalue weighted by Gasteiger charge is 2.19. The van der Waals surface area contributed by atoms with Crippen molar-refractivity contribution in [3.8, 4) is 0 Å². The molecule has 4 N–H and O–H groups in total. The summed E-state index contributed by atoms with van der Waals surface area (Å²) in [5.74, 6) is -0.753. The lowest BCUT2D eigenvalue weighted by Gasteiger charge is -2.20.